The van der Waals surface area contributed by atoms with Crippen molar-refractivity contribution in [2.24, 2.45) is 0 Å². The maximum Gasteiger partial charge on any atom is 0.126 e. The van der Waals surface area contributed by atoms with Crippen LogP contribution < -0.4 is 10.1 Å². The van der Waals surface area contributed by atoms with Crippen molar-refractivity contribution in [3.8, 4) is 16.9 Å². The van der Waals surface area contributed by atoms with Crippen LogP contribution in [0.4, 0.5) is 0 Å². The van der Waals surface area contributed by atoms with E-state index in [0.717, 1.165) is 36.4 Å². The van der Waals surface area contributed by atoms with E-state index in [4.69, 9.17) is 4.74 Å². The summed E-state index contributed by atoms with van der Waals surface area (Å²) in [5.74, 6) is 1.42. The van der Waals surface area contributed by atoms with Gasteiger partial charge in [-0.2, -0.15) is 5.10 Å². The number of nitrogens with one attached hydrogen (secondary N) is 2. The lowest BCUT2D eigenvalue weighted by atomic mass is 9.96. The fraction of sp³-hybridized carbons (Fsp3) is 0.357. The van der Waals surface area contributed by atoms with E-state index in [1.165, 1.54) is 5.69 Å². The molecule has 1 aromatic heterocycles. The van der Waals surface area contributed by atoms with Crippen LogP contribution in [0.3, 0.4) is 0 Å². The van der Waals surface area contributed by atoms with Crippen LogP contribution in [0.15, 0.2) is 30.5 Å². The number of hydrogen-bond donors (Lipinski definition) is 2. The summed E-state index contributed by atoms with van der Waals surface area (Å²) in [5.41, 5.74) is 3.47. The average molecular weight is 243 g/mol. The molecule has 1 atom stereocenters. The first kappa shape index (κ1) is 11.3. The van der Waals surface area contributed by atoms with Crippen LogP contribution in [0.1, 0.15) is 18.0 Å². The molecule has 3 rings (SSSR count). The van der Waals surface area contributed by atoms with Crippen molar-refractivity contribution < 1.29 is 4.74 Å². The Labute approximate surface area is 106 Å². The Balaban J connectivity index is 2.03. The molecule has 1 saturated heterocycles. The highest BCUT2D eigenvalue weighted by atomic mass is 16.5. The highest BCUT2D eigenvalue weighted by molar-refractivity contribution is 5.72. The Kier molecular flexibility index (Phi) is 3.02. The predicted octanol–water partition coefficient (Wildman–Crippen LogP) is 2.16. The number of methoxy groups -OCH3 is 1. The lowest BCUT2D eigenvalue weighted by Crippen LogP contribution is -2.08. The number of ether oxygens (including phenoxy) is 1. The molecule has 0 radical (unpaired) electrons. The van der Waals surface area contributed by atoms with Crippen LogP contribution in [0.25, 0.3) is 11.1 Å². The summed E-state index contributed by atoms with van der Waals surface area (Å²) < 4.78 is 5.43. The molecule has 1 unspecified atom stereocenters. The van der Waals surface area contributed by atoms with Crippen LogP contribution in [-0.2, 0) is 0 Å². The molecule has 1 aromatic carbocycles. The smallest absolute Gasteiger partial charge is 0.126 e. The molecule has 1 aliphatic heterocycles. The quantitative estimate of drug-likeness (QED) is 0.868. The van der Waals surface area contributed by atoms with Gasteiger partial charge in [-0.3, -0.25) is 5.10 Å². The number of rotatable bonds is 3. The molecule has 0 saturated carbocycles. The third-order valence-corrected chi connectivity index (χ3v) is 3.53. The van der Waals surface area contributed by atoms with E-state index in [-0.39, 0.29) is 0 Å². The van der Waals surface area contributed by atoms with E-state index >= 15 is 0 Å². The second kappa shape index (κ2) is 4.82. The number of hydrogen-bond acceptors (Lipinski definition) is 3. The van der Waals surface area contributed by atoms with Gasteiger partial charge in [-0.1, -0.05) is 18.2 Å². The van der Waals surface area contributed by atoms with Crippen molar-refractivity contribution in [2.75, 3.05) is 20.2 Å². The fourth-order valence-electron chi connectivity index (χ4n) is 2.59. The normalized spacial score (nSPS) is 19.1. The Bertz CT molecular complexity index is 529. The summed E-state index contributed by atoms with van der Waals surface area (Å²) in [5, 5.41) is 10.8. The minimum absolute atomic E-state index is 0.521. The molecule has 2 N–H and O–H groups in total. The zero-order valence-corrected chi connectivity index (χ0v) is 10.4. The minimum atomic E-state index is 0.521. The maximum atomic E-state index is 5.43. The van der Waals surface area contributed by atoms with Crippen molar-refractivity contribution in [1.29, 1.82) is 0 Å². The predicted molar refractivity (Wildman–Crippen MR) is 70.8 cm³/mol. The summed E-state index contributed by atoms with van der Waals surface area (Å²) >= 11 is 0. The van der Waals surface area contributed by atoms with Gasteiger partial charge in [0, 0.05) is 29.3 Å². The number of aromatic nitrogens is 2. The third kappa shape index (κ3) is 1.88. The fourth-order valence-corrected chi connectivity index (χ4v) is 2.59. The molecule has 18 heavy (non-hydrogen) atoms. The second-order valence-electron chi connectivity index (χ2n) is 4.59. The number of aromatic amines is 1. The van der Waals surface area contributed by atoms with Gasteiger partial charge in [0.2, 0.25) is 0 Å². The van der Waals surface area contributed by atoms with E-state index in [0.29, 0.717) is 5.92 Å². The largest absolute Gasteiger partial charge is 0.496 e. The molecule has 0 bridgehead atoms. The summed E-state index contributed by atoms with van der Waals surface area (Å²) in [4.78, 5) is 0. The van der Waals surface area contributed by atoms with Crippen LogP contribution >= 0.6 is 0 Å². The monoisotopic (exact) mass is 243 g/mol. The first-order valence-electron chi connectivity index (χ1n) is 6.27. The molecule has 1 fully saturated rings. The molecule has 0 amide bonds. The van der Waals surface area contributed by atoms with Crippen molar-refractivity contribution in [3.63, 3.8) is 0 Å². The Hall–Kier alpha value is -1.81. The standard InChI is InChI=1S/C14H17N3O/c1-18-13-5-3-2-4-11(13)12-9-16-17-14(12)10-6-7-15-8-10/h2-5,9-10,15H,6-8H2,1H3,(H,16,17). The van der Waals surface area contributed by atoms with Gasteiger partial charge < -0.3 is 10.1 Å². The van der Waals surface area contributed by atoms with Crippen LogP contribution in [-0.4, -0.2) is 30.4 Å². The van der Waals surface area contributed by atoms with Crippen molar-refractivity contribution in [1.82, 2.24) is 15.5 Å². The number of benzene rings is 1. The topological polar surface area (TPSA) is 49.9 Å². The summed E-state index contributed by atoms with van der Waals surface area (Å²) in [6.07, 6.45) is 3.05. The SMILES string of the molecule is COc1ccccc1-c1cn[nH]c1C1CCNC1. The average Bonchev–Trinajstić information content (AvgIpc) is 3.09. The number of nitrogens with zero attached hydrogens (tertiary/aromatic N) is 1. The summed E-state index contributed by atoms with van der Waals surface area (Å²) in [7, 11) is 1.70. The van der Waals surface area contributed by atoms with E-state index in [2.05, 4.69) is 21.6 Å². The van der Waals surface area contributed by atoms with Gasteiger partial charge in [0.1, 0.15) is 5.75 Å². The first-order valence-corrected chi connectivity index (χ1v) is 6.27. The molecule has 2 heterocycles. The number of para-hydroxylation sites is 1. The summed E-state index contributed by atoms with van der Waals surface area (Å²) in [6.45, 7) is 2.10. The van der Waals surface area contributed by atoms with Gasteiger partial charge >= 0.3 is 0 Å². The van der Waals surface area contributed by atoms with Crippen molar-refractivity contribution >= 4 is 0 Å². The zero-order chi connectivity index (χ0) is 12.4. The second-order valence-corrected chi connectivity index (χ2v) is 4.59. The summed E-state index contributed by atoms with van der Waals surface area (Å²) in [6, 6.07) is 8.08. The van der Waals surface area contributed by atoms with Gasteiger partial charge in [-0.15, -0.1) is 0 Å². The molecule has 1 aliphatic rings. The molecule has 2 aromatic rings. The van der Waals surface area contributed by atoms with Gasteiger partial charge in [0.25, 0.3) is 0 Å². The van der Waals surface area contributed by atoms with E-state index < -0.39 is 0 Å². The van der Waals surface area contributed by atoms with Crippen LogP contribution in [0.2, 0.25) is 0 Å². The Morgan fingerprint density at radius 2 is 2.17 bits per heavy atom. The van der Waals surface area contributed by atoms with E-state index in [1.54, 1.807) is 7.11 Å². The van der Waals surface area contributed by atoms with Crippen LogP contribution in [0.5, 0.6) is 5.75 Å². The molecule has 94 valence electrons. The molecular formula is C14H17N3O. The van der Waals surface area contributed by atoms with E-state index in [1.807, 2.05) is 24.4 Å². The molecule has 0 aliphatic carbocycles. The van der Waals surface area contributed by atoms with Gasteiger partial charge in [0.05, 0.1) is 13.3 Å². The van der Waals surface area contributed by atoms with Gasteiger partial charge in [-0.25, -0.2) is 0 Å². The minimum Gasteiger partial charge on any atom is -0.496 e. The molecule has 4 heteroatoms. The van der Waals surface area contributed by atoms with Crippen LogP contribution in [0, 0.1) is 0 Å². The number of H-pyrrole nitrogens is 1. The lowest BCUT2D eigenvalue weighted by Gasteiger charge is -2.11. The third-order valence-electron chi connectivity index (χ3n) is 3.53. The Morgan fingerprint density at radius 1 is 1.28 bits per heavy atom. The first-order chi connectivity index (χ1) is 8.90. The van der Waals surface area contributed by atoms with E-state index in [9.17, 15) is 0 Å². The maximum absolute atomic E-state index is 5.43. The van der Waals surface area contributed by atoms with Gasteiger partial charge in [0.15, 0.2) is 0 Å². The molecule has 0 spiro atoms. The van der Waals surface area contributed by atoms with Gasteiger partial charge in [-0.05, 0) is 19.0 Å². The highest BCUT2D eigenvalue weighted by Gasteiger charge is 2.22. The molecular weight excluding hydrogens is 226 g/mol. The zero-order valence-electron chi connectivity index (χ0n) is 10.4. The Morgan fingerprint density at radius 3 is 2.94 bits per heavy atom. The van der Waals surface area contributed by atoms with Crippen molar-refractivity contribution in [2.45, 2.75) is 12.3 Å². The lowest BCUT2D eigenvalue weighted by molar-refractivity contribution is 0.416. The highest BCUT2D eigenvalue weighted by Crippen LogP contribution is 2.35. The van der Waals surface area contributed by atoms with Crippen molar-refractivity contribution in [3.05, 3.63) is 36.2 Å². The molecule has 4 nitrogen and oxygen atoms in total.